The highest BCUT2D eigenvalue weighted by Gasteiger charge is 2.41. The standard InChI is InChI=1S/C6H10N2O3/c9-5(10)6(8-11)2-1-3-7-4-6/h7H,1-4H2,(H,9,10). The number of nitrogens with zero attached hydrogens (tertiary/aromatic N) is 1. The molecular formula is C6H10N2O3. The first-order valence-electron chi connectivity index (χ1n) is 3.50. The molecule has 0 aromatic rings. The summed E-state index contributed by atoms with van der Waals surface area (Å²) < 4.78 is 0. The van der Waals surface area contributed by atoms with Crippen molar-refractivity contribution in [3.05, 3.63) is 4.91 Å². The summed E-state index contributed by atoms with van der Waals surface area (Å²) in [5, 5.41) is 14.2. The van der Waals surface area contributed by atoms with Crippen molar-refractivity contribution < 1.29 is 9.90 Å². The normalized spacial score (nSPS) is 31.3. The topological polar surface area (TPSA) is 78.8 Å². The van der Waals surface area contributed by atoms with E-state index in [0.717, 1.165) is 6.54 Å². The maximum Gasteiger partial charge on any atom is 0.336 e. The molecular weight excluding hydrogens is 148 g/mol. The molecule has 1 fully saturated rings. The number of piperidine rings is 1. The molecule has 0 aromatic heterocycles. The Morgan fingerprint density at radius 3 is 2.64 bits per heavy atom. The van der Waals surface area contributed by atoms with E-state index in [4.69, 9.17) is 5.11 Å². The van der Waals surface area contributed by atoms with Gasteiger partial charge >= 0.3 is 5.97 Å². The second-order valence-corrected chi connectivity index (χ2v) is 2.71. The Morgan fingerprint density at radius 1 is 1.64 bits per heavy atom. The molecule has 1 aliphatic heterocycles. The van der Waals surface area contributed by atoms with Gasteiger partial charge in [0.05, 0.1) is 0 Å². The van der Waals surface area contributed by atoms with Crippen LogP contribution in [-0.4, -0.2) is 29.7 Å². The Labute approximate surface area is 63.8 Å². The number of rotatable bonds is 2. The predicted molar refractivity (Wildman–Crippen MR) is 38.3 cm³/mol. The average molecular weight is 158 g/mol. The molecule has 1 unspecified atom stereocenters. The minimum absolute atomic E-state index is 0.159. The number of hydrogen-bond donors (Lipinski definition) is 2. The van der Waals surface area contributed by atoms with Crippen molar-refractivity contribution in [3.8, 4) is 0 Å². The number of hydrogen-bond acceptors (Lipinski definition) is 4. The van der Waals surface area contributed by atoms with E-state index >= 15 is 0 Å². The zero-order valence-corrected chi connectivity index (χ0v) is 6.04. The maximum atomic E-state index is 10.6. The lowest BCUT2D eigenvalue weighted by Gasteiger charge is -2.26. The van der Waals surface area contributed by atoms with Crippen LogP contribution < -0.4 is 5.32 Å². The van der Waals surface area contributed by atoms with Crippen molar-refractivity contribution in [3.63, 3.8) is 0 Å². The summed E-state index contributed by atoms with van der Waals surface area (Å²) in [5.41, 5.74) is -1.40. The molecule has 5 nitrogen and oxygen atoms in total. The molecule has 0 amide bonds. The molecule has 0 radical (unpaired) electrons. The highest BCUT2D eigenvalue weighted by atomic mass is 16.4. The Bertz CT molecular complexity index is 175. The first-order chi connectivity index (χ1) is 5.21. The lowest BCUT2D eigenvalue weighted by molar-refractivity contribution is -0.143. The lowest BCUT2D eigenvalue weighted by Crippen LogP contribution is -2.49. The largest absolute Gasteiger partial charge is 0.479 e. The average Bonchev–Trinajstić information content (AvgIpc) is 2.05. The molecule has 1 saturated heterocycles. The Kier molecular flexibility index (Phi) is 2.19. The van der Waals surface area contributed by atoms with Gasteiger partial charge in [-0.25, -0.2) is 4.79 Å². The minimum Gasteiger partial charge on any atom is -0.479 e. The van der Waals surface area contributed by atoms with Crippen LogP contribution in [-0.2, 0) is 4.79 Å². The molecule has 0 saturated carbocycles. The van der Waals surface area contributed by atoms with E-state index in [-0.39, 0.29) is 6.54 Å². The number of carbonyl (C=O) groups is 1. The van der Waals surface area contributed by atoms with Gasteiger partial charge in [-0.2, -0.15) is 0 Å². The van der Waals surface area contributed by atoms with E-state index in [0.29, 0.717) is 12.8 Å². The number of carboxylic acids is 1. The van der Waals surface area contributed by atoms with Gasteiger partial charge in [-0.1, -0.05) is 0 Å². The van der Waals surface area contributed by atoms with E-state index in [2.05, 4.69) is 10.5 Å². The van der Waals surface area contributed by atoms with Crippen LogP contribution in [0.4, 0.5) is 0 Å². The number of aliphatic carboxylic acids is 1. The Balaban J connectivity index is 2.72. The summed E-state index contributed by atoms with van der Waals surface area (Å²) in [4.78, 5) is 20.8. The fraction of sp³-hybridized carbons (Fsp3) is 0.833. The SMILES string of the molecule is O=NC1(C(=O)O)CCCNC1. The van der Waals surface area contributed by atoms with Gasteiger partial charge in [0, 0.05) is 6.54 Å². The minimum atomic E-state index is -1.40. The Morgan fingerprint density at radius 2 is 2.36 bits per heavy atom. The zero-order chi connectivity index (χ0) is 8.32. The summed E-state index contributed by atoms with van der Waals surface area (Å²) in [5.74, 6) is -1.13. The molecule has 0 aromatic carbocycles. The first kappa shape index (κ1) is 8.13. The third-order valence-corrected chi connectivity index (χ3v) is 1.93. The van der Waals surface area contributed by atoms with Crippen LogP contribution in [0.1, 0.15) is 12.8 Å². The van der Waals surface area contributed by atoms with Crippen molar-refractivity contribution in [2.45, 2.75) is 18.4 Å². The number of nitrogens with one attached hydrogen (secondary N) is 1. The number of carboxylic acid groups (broad SMARTS) is 1. The van der Waals surface area contributed by atoms with Crippen LogP contribution in [0.5, 0.6) is 0 Å². The summed E-state index contributed by atoms with van der Waals surface area (Å²) in [7, 11) is 0. The van der Waals surface area contributed by atoms with E-state index < -0.39 is 11.5 Å². The van der Waals surface area contributed by atoms with Crippen molar-refractivity contribution in [2.75, 3.05) is 13.1 Å². The highest BCUT2D eigenvalue weighted by molar-refractivity contribution is 5.79. The molecule has 62 valence electrons. The van der Waals surface area contributed by atoms with Crippen molar-refractivity contribution in [1.82, 2.24) is 5.32 Å². The van der Waals surface area contributed by atoms with Gasteiger partial charge < -0.3 is 10.4 Å². The molecule has 1 atom stereocenters. The van der Waals surface area contributed by atoms with E-state index in [1.807, 2.05) is 0 Å². The van der Waals surface area contributed by atoms with E-state index in [9.17, 15) is 9.70 Å². The first-order valence-corrected chi connectivity index (χ1v) is 3.50. The van der Waals surface area contributed by atoms with Gasteiger partial charge in [0.1, 0.15) is 0 Å². The molecule has 5 heteroatoms. The van der Waals surface area contributed by atoms with Crippen LogP contribution >= 0.6 is 0 Å². The van der Waals surface area contributed by atoms with Crippen LogP contribution in [0.25, 0.3) is 0 Å². The summed E-state index contributed by atoms with van der Waals surface area (Å²) in [6.45, 7) is 0.927. The third-order valence-electron chi connectivity index (χ3n) is 1.93. The molecule has 11 heavy (non-hydrogen) atoms. The second-order valence-electron chi connectivity index (χ2n) is 2.71. The number of nitroso groups, excluding NO2 is 1. The maximum absolute atomic E-state index is 10.6. The monoisotopic (exact) mass is 158 g/mol. The fourth-order valence-electron chi connectivity index (χ4n) is 1.19. The van der Waals surface area contributed by atoms with Crippen LogP contribution in [0.3, 0.4) is 0 Å². The zero-order valence-electron chi connectivity index (χ0n) is 6.04. The summed E-state index contributed by atoms with van der Waals surface area (Å²) in [6, 6.07) is 0. The molecule has 1 aliphatic rings. The van der Waals surface area contributed by atoms with Crippen LogP contribution in [0.2, 0.25) is 0 Å². The van der Waals surface area contributed by atoms with Gasteiger partial charge in [-0.05, 0) is 24.6 Å². The van der Waals surface area contributed by atoms with Crippen molar-refractivity contribution in [2.24, 2.45) is 5.18 Å². The highest BCUT2D eigenvalue weighted by Crippen LogP contribution is 2.20. The molecule has 1 heterocycles. The molecule has 0 aliphatic carbocycles. The Hall–Kier alpha value is -0.970. The fourth-order valence-corrected chi connectivity index (χ4v) is 1.19. The molecule has 0 bridgehead atoms. The smallest absolute Gasteiger partial charge is 0.336 e. The van der Waals surface area contributed by atoms with Crippen molar-refractivity contribution >= 4 is 5.97 Å². The predicted octanol–water partition coefficient (Wildman–Crippen LogP) is -0.0404. The second kappa shape index (κ2) is 2.96. The molecule has 1 rings (SSSR count). The van der Waals surface area contributed by atoms with Gasteiger partial charge in [-0.15, -0.1) is 4.91 Å². The third kappa shape index (κ3) is 1.37. The quantitative estimate of drug-likeness (QED) is 0.552. The van der Waals surface area contributed by atoms with E-state index in [1.165, 1.54) is 0 Å². The van der Waals surface area contributed by atoms with Crippen LogP contribution in [0, 0.1) is 4.91 Å². The van der Waals surface area contributed by atoms with Gasteiger partial charge in [-0.3, -0.25) is 0 Å². The summed E-state index contributed by atoms with van der Waals surface area (Å²) >= 11 is 0. The van der Waals surface area contributed by atoms with E-state index in [1.54, 1.807) is 0 Å². The van der Waals surface area contributed by atoms with Crippen molar-refractivity contribution in [1.29, 1.82) is 0 Å². The molecule has 0 spiro atoms. The lowest BCUT2D eigenvalue weighted by atomic mass is 9.92. The van der Waals surface area contributed by atoms with Gasteiger partial charge in [0.15, 0.2) is 0 Å². The molecule has 2 N–H and O–H groups in total. The van der Waals surface area contributed by atoms with Crippen LogP contribution in [0.15, 0.2) is 5.18 Å². The van der Waals surface area contributed by atoms with Gasteiger partial charge in [0.2, 0.25) is 5.54 Å². The summed E-state index contributed by atoms with van der Waals surface area (Å²) in [6.07, 6.45) is 1.04. The van der Waals surface area contributed by atoms with Gasteiger partial charge in [0.25, 0.3) is 0 Å².